The second-order valence-electron chi connectivity index (χ2n) is 18.0. The smallest absolute Gasteiger partial charge is 0.408 e. The minimum absolute atomic E-state index is 0.00888. The van der Waals surface area contributed by atoms with Gasteiger partial charge in [-0.25, -0.2) is 4.79 Å². The summed E-state index contributed by atoms with van der Waals surface area (Å²) in [6, 6.07) is 32.7. The van der Waals surface area contributed by atoms with Gasteiger partial charge in [-0.1, -0.05) is 131 Å². The standard InChI is InChI=1S/C48H55N3O7/c1-31-41(26-50-30-48(4)24-38(50)23-47(2,3)29-48)57-45(58-43(31)35-16-14-32(27-52)15-17-35)36-20-18-34(19-21-36)39-13-9-8-12-37(39)25-51-42(53)22-40(44(51)54)49-46(55)56-28-33-10-6-5-7-11-33/h5-21,31,38,40-41,43,45,52H,22-30H2,1-4H3,(H,49,55). The number of hydrogen-bond acceptors (Lipinski definition) is 8. The molecule has 3 saturated heterocycles. The maximum Gasteiger partial charge on any atom is 0.408 e. The summed E-state index contributed by atoms with van der Waals surface area (Å²) in [5.74, 6) is -0.720. The lowest BCUT2D eigenvalue weighted by Gasteiger charge is -2.43. The third-order valence-corrected chi connectivity index (χ3v) is 12.6. The largest absolute Gasteiger partial charge is 0.445 e. The number of nitrogens with zero attached hydrogens (tertiary/aromatic N) is 2. The number of carbonyl (C=O) groups excluding carboxylic acids is 3. The summed E-state index contributed by atoms with van der Waals surface area (Å²) in [6.45, 7) is 11.5. The third kappa shape index (κ3) is 8.61. The lowest BCUT2D eigenvalue weighted by molar-refractivity contribution is -0.276. The number of aliphatic hydroxyl groups excluding tert-OH is 1. The highest BCUT2D eigenvalue weighted by Gasteiger charge is 2.51. The average Bonchev–Trinajstić information content (AvgIpc) is 3.62. The summed E-state index contributed by atoms with van der Waals surface area (Å²) in [7, 11) is 0. The van der Waals surface area contributed by atoms with E-state index in [1.54, 1.807) is 0 Å². The summed E-state index contributed by atoms with van der Waals surface area (Å²) in [5.41, 5.74) is 6.92. The van der Waals surface area contributed by atoms with E-state index in [0.717, 1.165) is 52.0 Å². The number of ether oxygens (including phenoxy) is 3. The maximum absolute atomic E-state index is 13.4. The van der Waals surface area contributed by atoms with Gasteiger partial charge in [0.25, 0.3) is 5.91 Å². The van der Waals surface area contributed by atoms with Gasteiger partial charge in [-0.3, -0.25) is 19.4 Å². The molecule has 0 aromatic heterocycles. The van der Waals surface area contributed by atoms with E-state index >= 15 is 0 Å². The van der Waals surface area contributed by atoms with Crippen LogP contribution in [0.5, 0.6) is 0 Å². The molecular weight excluding hydrogens is 731 g/mol. The molecule has 10 nitrogen and oxygen atoms in total. The van der Waals surface area contributed by atoms with Crippen molar-refractivity contribution in [3.8, 4) is 11.1 Å². The summed E-state index contributed by atoms with van der Waals surface area (Å²) in [4.78, 5) is 42.9. The molecule has 2 N–H and O–H groups in total. The van der Waals surface area contributed by atoms with Gasteiger partial charge in [-0.05, 0) is 63.5 Å². The molecule has 8 rings (SSSR count). The molecule has 10 heteroatoms. The summed E-state index contributed by atoms with van der Waals surface area (Å²) in [5, 5.41) is 12.3. The molecule has 4 aliphatic rings. The van der Waals surface area contributed by atoms with Gasteiger partial charge in [0.2, 0.25) is 5.91 Å². The van der Waals surface area contributed by atoms with Crippen molar-refractivity contribution >= 4 is 17.9 Å². The van der Waals surface area contributed by atoms with Crippen LogP contribution in [0.3, 0.4) is 0 Å². The van der Waals surface area contributed by atoms with Gasteiger partial charge in [0.15, 0.2) is 6.29 Å². The average molecular weight is 786 g/mol. The van der Waals surface area contributed by atoms with Crippen LogP contribution in [0.2, 0.25) is 0 Å². The molecule has 4 fully saturated rings. The van der Waals surface area contributed by atoms with Crippen LogP contribution in [0.4, 0.5) is 4.79 Å². The van der Waals surface area contributed by atoms with E-state index in [1.807, 2.05) is 91.0 Å². The lowest BCUT2D eigenvalue weighted by Crippen LogP contribution is -2.46. The minimum Gasteiger partial charge on any atom is -0.445 e. The van der Waals surface area contributed by atoms with Crippen LogP contribution in [-0.4, -0.2) is 64.1 Å². The molecule has 0 radical (unpaired) electrons. The first-order chi connectivity index (χ1) is 27.9. The Balaban J connectivity index is 0.974. The molecule has 4 aromatic rings. The quantitative estimate of drug-likeness (QED) is 0.147. The lowest BCUT2D eigenvalue weighted by atomic mass is 9.65. The predicted octanol–water partition coefficient (Wildman–Crippen LogP) is 8.09. The van der Waals surface area contributed by atoms with Gasteiger partial charge < -0.3 is 24.6 Å². The molecule has 4 aromatic carbocycles. The Kier molecular flexibility index (Phi) is 11.3. The van der Waals surface area contributed by atoms with Gasteiger partial charge >= 0.3 is 6.09 Å². The second-order valence-corrected chi connectivity index (χ2v) is 18.0. The molecule has 3 amide bonds. The molecule has 304 valence electrons. The fraction of sp³-hybridized carbons (Fsp3) is 0.438. The first-order valence-electron chi connectivity index (χ1n) is 20.6. The first kappa shape index (κ1) is 39.9. The van der Waals surface area contributed by atoms with Crippen LogP contribution >= 0.6 is 0 Å². The number of aliphatic hydroxyl groups is 1. The van der Waals surface area contributed by atoms with E-state index in [1.165, 1.54) is 24.2 Å². The number of alkyl carbamates (subject to hydrolysis) is 1. The molecule has 7 unspecified atom stereocenters. The molecule has 3 aliphatic heterocycles. The van der Waals surface area contributed by atoms with Gasteiger partial charge in [0.1, 0.15) is 12.6 Å². The van der Waals surface area contributed by atoms with E-state index in [2.05, 4.69) is 50.0 Å². The van der Waals surface area contributed by atoms with Crippen LogP contribution in [0.25, 0.3) is 11.1 Å². The topological polar surface area (TPSA) is 118 Å². The molecule has 3 heterocycles. The fourth-order valence-corrected chi connectivity index (χ4v) is 10.1. The summed E-state index contributed by atoms with van der Waals surface area (Å²) in [6.07, 6.45) is 1.94. The minimum atomic E-state index is -0.985. The highest BCUT2D eigenvalue weighted by molar-refractivity contribution is 6.06. The fourth-order valence-electron chi connectivity index (χ4n) is 10.1. The first-order valence-corrected chi connectivity index (χ1v) is 20.6. The number of carbonyl (C=O) groups is 3. The number of fused-ring (bicyclic) bond motifs is 2. The number of amides is 3. The number of hydrogen-bond donors (Lipinski definition) is 2. The highest BCUT2D eigenvalue weighted by atomic mass is 16.7. The van der Waals surface area contributed by atoms with Gasteiger partial charge in [0, 0.05) is 30.6 Å². The Morgan fingerprint density at radius 2 is 1.57 bits per heavy atom. The van der Waals surface area contributed by atoms with Crippen molar-refractivity contribution in [1.82, 2.24) is 15.1 Å². The Morgan fingerprint density at radius 1 is 0.862 bits per heavy atom. The van der Waals surface area contributed by atoms with Crippen LogP contribution in [0.1, 0.15) is 93.6 Å². The van der Waals surface area contributed by atoms with Crippen molar-refractivity contribution in [2.45, 2.75) is 104 Å². The number of imide groups is 1. The zero-order valence-electron chi connectivity index (χ0n) is 33.9. The van der Waals surface area contributed by atoms with Gasteiger partial charge in [0.05, 0.1) is 31.8 Å². The van der Waals surface area contributed by atoms with Crippen LogP contribution in [-0.2, 0) is 43.6 Å². The normalized spacial score (nSPS) is 28.1. The molecule has 1 saturated carbocycles. The Labute approximate surface area is 341 Å². The van der Waals surface area contributed by atoms with Crippen molar-refractivity contribution in [3.63, 3.8) is 0 Å². The number of likely N-dealkylation sites (tertiary alicyclic amines) is 2. The Morgan fingerprint density at radius 3 is 2.31 bits per heavy atom. The predicted molar refractivity (Wildman–Crippen MR) is 220 cm³/mol. The SMILES string of the molecule is CC1C(CN2CC3(C)CC2CC(C)(C)C3)OC(c2ccc(-c3ccccc3CN3C(=O)CC(NC(=O)OCc4ccccc4)C3=O)cc2)OC1c1ccc(CO)cc1. The third-order valence-electron chi connectivity index (χ3n) is 12.6. The van der Waals surface area contributed by atoms with Crippen molar-refractivity contribution in [2.24, 2.45) is 16.7 Å². The zero-order chi connectivity index (χ0) is 40.6. The summed E-state index contributed by atoms with van der Waals surface area (Å²) < 4.78 is 19.0. The van der Waals surface area contributed by atoms with Gasteiger partial charge in [-0.2, -0.15) is 0 Å². The maximum atomic E-state index is 13.4. The van der Waals surface area contributed by atoms with Gasteiger partial charge in [-0.15, -0.1) is 0 Å². The molecule has 7 atom stereocenters. The number of nitrogens with one attached hydrogen (secondary N) is 1. The van der Waals surface area contributed by atoms with Crippen LogP contribution in [0.15, 0.2) is 103 Å². The number of benzene rings is 4. The van der Waals surface area contributed by atoms with Crippen molar-refractivity contribution in [1.29, 1.82) is 0 Å². The molecular formula is C48H55N3O7. The molecule has 1 aliphatic carbocycles. The van der Waals surface area contributed by atoms with E-state index in [0.29, 0.717) is 16.9 Å². The van der Waals surface area contributed by atoms with Crippen molar-refractivity contribution < 1.29 is 33.7 Å². The molecule has 58 heavy (non-hydrogen) atoms. The van der Waals surface area contributed by atoms with E-state index in [-0.39, 0.29) is 50.2 Å². The second kappa shape index (κ2) is 16.4. The van der Waals surface area contributed by atoms with Crippen molar-refractivity contribution in [2.75, 3.05) is 13.1 Å². The summed E-state index contributed by atoms with van der Waals surface area (Å²) >= 11 is 0. The molecule has 2 bridgehead atoms. The van der Waals surface area contributed by atoms with Crippen LogP contribution < -0.4 is 5.32 Å². The van der Waals surface area contributed by atoms with E-state index < -0.39 is 24.3 Å². The Hall–Kier alpha value is -4.87. The van der Waals surface area contributed by atoms with E-state index in [4.69, 9.17) is 14.2 Å². The zero-order valence-corrected chi connectivity index (χ0v) is 33.9. The van der Waals surface area contributed by atoms with Crippen molar-refractivity contribution in [3.05, 3.63) is 131 Å². The van der Waals surface area contributed by atoms with E-state index in [9.17, 15) is 19.5 Å². The Bertz CT molecular complexity index is 2110. The monoisotopic (exact) mass is 785 g/mol. The number of rotatable bonds is 11. The highest BCUT2D eigenvalue weighted by Crippen LogP contribution is 2.53. The van der Waals surface area contributed by atoms with Crippen LogP contribution in [0, 0.1) is 16.7 Å². The molecule has 0 spiro atoms.